The van der Waals surface area contributed by atoms with Crippen LogP contribution in [0.25, 0.3) is 0 Å². The predicted molar refractivity (Wildman–Crippen MR) is 71.4 cm³/mol. The third-order valence-corrected chi connectivity index (χ3v) is 3.45. The Labute approximate surface area is 118 Å². The van der Waals surface area contributed by atoms with Crippen LogP contribution in [-0.4, -0.2) is 39.3 Å². The van der Waals surface area contributed by atoms with Gasteiger partial charge in [0.1, 0.15) is 18.0 Å². The molecule has 0 saturated carbocycles. The van der Waals surface area contributed by atoms with Crippen molar-refractivity contribution in [3.05, 3.63) is 42.0 Å². The fourth-order valence-electron chi connectivity index (χ4n) is 2.32. The molecule has 0 amide bonds. The molecule has 1 aromatic rings. The minimum absolute atomic E-state index is 0.109. The van der Waals surface area contributed by atoms with E-state index in [2.05, 4.69) is 0 Å². The van der Waals surface area contributed by atoms with Crippen LogP contribution in [0.3, 0.4) is 0 Å². The second-order valence-corrected chi connectivity index (χ2v) is 4.70. The molecule has 2 heterocycles. The van der Waals surface area contributed by atoms with Crippen LogP contribution in [0.4, 0.5) is 0 Å². The van der Waals surface area contributed by atoms with Crippen molar-refractivity contribution in [3.63, 3.8) is 0 Å². The third kappa shape index (κ3) is 2.71. The molecule has 1 unspecified atom stereocenters. The predicted octanol–water partition coefficient (Wildman–Crippen LogP) is 2.04. The van der Waals surface area contributed by atoms with E-state index in [1.807, 2.05) is 36.4 Å². The molecular weight excluding hydrogens is 260 g/mol. The maximum absolute atomic E-state index is 5.91. The molecule has 0 radical (unpaired) electrons. The lowest BCUT2D eigenvalue weighted by atomic mass is 10.1. The maximum atomic E-state index is 5.91. The summed E-state index contributed by atoms with van der Waals surface area (Å²) < 4.78 is 27.6. The highest BCUT2D eigenvalue weighted by molar-refractivity contribution is 5.28. The summed E-state index contributed by atoms with van der Waals surface area (Å²) in [5, 5.41) is 0. The summed E-state index contributed by atoms with van der Waals surface area (Å²) in [6.45, 7) is 0.478. The van der Waals surface area contributed by atoms with Gasteiger partial charge in [-0.1, -0.05) is 18.2 Å². The number of hydrogen-bond acceptors (Lipinski definition) is 5. The Kier molecular flexibility index (Phi) is 4.03. The Hall–Kier alpha value is -1.40. The van der Waals surface area contributed by atoms with Gasteiger partial charge in [0.2, 0.25) is 0 Å². The van der Waals surface area contributed by atoms with E-state index in [0.29, 0.717) is 6.61 Å². The summed E-state index contributed by atoms with van der Waals surface area (Å²) in [7, 11) is 3.25. The van der Waals surface area contributed by atoms with Crippen molar-refractivity contribution in [2.75, 3.05) is 20.8 Å². The lowest BCUT2D eigenvalue weighted by Gasteiger charge is -2.38. The minimum atomic E-state index is -0.380. The summed E-state index contributed by atoms with van der Waals surface area (Å²) in [5.41, 5.74) is 0.964. The highest BCUT2D eigenvalue weighted by atomic mass is 16.7. The van der Waals surface area contributed by atoms with E-state index in [0.717, 1.165) is 11.3 Å². The quantitative estimate of drug-likeness (QED) is 0.792. The highest BCUT2D eigenvalue weighted by Gasteiger charge is 2.35. The van der Waals surface area contributed by atoms with Crippen LogP contribution < -0.4 is 4.74 Å². The summed E-state index contributed by atoms with van der Waals surface area (Å²) >= 11 is 0. The molecule has 20 heavy (non-hydrogen) atoms. The Morgan fingerprint density at radius 3 is 2.55 bits per heavy atom. The zero-order chi connectivity index (χ0) is 13.9. The zero-order valence-corrected chi connectivity index (χ0v) is 11.5. The second kappa shape index (κ2) is 5.93. The fourth-order valence-corrected chi connectivity index (χ4v) is 2.32. The molecule has 0 spiro atoms. The van der Waals surface area contributed by atoms with Gasteiger partial charge in [-0.2, -0.15) is 0 Å². The van der Waals surface area contributed by atoms with Crippen molar-refractivity contribution >= 4 is 0 Å². The number of rotatable bonds is 3. The van der Waals surface area contributed by atoms with Gasteiger partial charge in [-0.05, 0) is 18.2 Å². The number of fused-ring (bicyclic) bond motifs is 1. The largest absolute Gasteiger partial charge is 0.497 e. The van der Waals surface area contributed by atoms with E-state index in [9.17, 15) is 0 Å². The van der Waals surface area contributed by atoms with Gasteiger partial charge in [0, 0.05) is 12.7 Å². The standard InChI is InChI=1S/C15H18O5/c1-16-11-5-3-10(4-6-11)15-18-9-13-12(20-15)7-8-14(17-2)19-13/h3-8,12-15H,9H2,1-2H3/t12-,13+,14+,15?/m0/s1. The maximum Gasteiger partial charge on any atom is 0.184 e. The Morgan fingerprint density at radius 1 is 1.05 bits per heavy atom. The van der Waals surface area contributed by atoms with E-state index in [-0.39, 0.29) is 24.8 Å². The fraction of sp³-hybridized carbons (Fsp3) is 0.467. The van der Waals surface area contributed by atoms with Gasteiger partial charge in [-0.3, -0.25) is 0 Å². The number of benzene rings is 1. The summed E-state index contributed by atoms with van der Waals surface area (Å²) in [6, 6.07) is 7.66. The van der Waals surface area contributed by atoms with Crippen molar-refractivity contribution < 1.29 is 23.7 Å². The first-order valence-corrected chi connectivity index (χ1v) is 6.58. The van der Waals surface area contributed by atoms with Crippen LogP contribution in [0, 0.1) is 0 Å². The topological polar surface area (TPSA) is 46.2 Å². The molecule has 5 nitrogen and oxygen atoms in total. The van der Waals surface area contributed by atoms with Gasteiger partial charge in [0.05, 0.1) is 13.7 Å². The lowest BCUT2D eigenvalue weighted by Crippen LogP contribution is -2.45. The lowest BCUT2D eigenvalue weighted by molar-refractivity contribution is -0.280. The molecule has 3 rings (SSSR count). The average Bonchev–Trinajstić information content (AvgIpc) is 2.54. The van der Waals surface area contributed by atoms with Gasteiger partial charge >= 0.3 is 0 Å². The Morgan fingerprint density at radius 2 is 1.85 bits per heavy atom. The van der Waals surface area contributed by atoms with E-state index in [4.69, 9.17) is 23.7 Å². The smallest absolute Gasteiger partial charge is 0.184 e. The van der Waals surface area contributed by atoms with Crippen molar-refractivity contribution in [2.45, 2.75) is 24.8 Å². The molecular formula is C15H18O5. The van der Waals surface area contributed by atoms with Crippen molar-refractivity contribution in [2.24, 2.45) is 0 Å². The average molecular weight is 278 g/mol. The molecule has 2 aliphatic heterocycles. The molecule has 0 bridgehead atoms. The molecule has 1 fully saturated rings. The first-order chi connectivity index (χ1) is 9.80. The monoisotopic (exact) mass is 278 g/mol. The number of hydrogen-bond donors (Lipinski definition) is 0. The van der Waals surface area contributed by atoms with Gasteiger partial charge in [-0.25, -0.2) is 0 Å². The molecule has 5 heteroatoms. The Bertz CT molecular complexity index is 470. The first kappa shape index (κ1) is 13.6. The van der Waals surface area contributed by atoms with E-state index < -0.39 is 0 Å². The normalized spacial score (nSPS) is 32.7. The number of methoxy groups -OCH3 is 2. The third-order valence-electron chi connectivity index (χ3n) is 3.45. The molecule has 1 aromatic carbocycles. The van der Waals surface area contributed by atoms with Crippen LogP contribution in [0.15, 0.2) is 36.4 Å². The molecule has 2 aliphatic rings. The first-order valence-electron chi connectivity index (χ1n) is 6.58. The van der Waals surface area contributed by atoms with Crippen LogP contribution in [-0.2, 0) is 18.9 Å². The van der Waals surface area contributed by atoms with E-state index in [1.165, 1.54) is 0 Å². The van der Waals surface area contributed by atoms with Crippen molar-refractivity contribution in [3.8, 4) is 5.75 Å². The van der Waals surface area contributed by atoms with Crippen LogP contribution >= 0.6 is 0 Å². The molecule has 0 N–H and O–H groups in total. The molecule has 1 saturated heterocycles. The minimum Gasteiger partial charge on any atom is -0.497 e. The van der Waals surface area contributed by atoms with Gasteiger partial charge in [0.25, 0.3) is 0 Å². The van der Waals surface area contributed by atoms with Crippen molar-refractivity contribution in [1.29, 1.82) is 0 Å². The SMILES string of the molecule is COc1ccc(C2OC[C@H]3O[C@@H](OC)C=C[C@@H]3O2)cc1. The van der Waals surface area contributed by atoms with Gasteiger partial charge < -0.3 is 23.7 Å². The zero-order valence-electron chi connectivity index (χ0n) is 11.5. The van der Waals surface area contributed by atoms with Gasteiger partial charge in [-0.15, -0.1) is 0 Å². The van der Waals surface area contributed by atoms with Gasteiger partial charge in [0.15, 0.2) is 12.6 Å². The van der Waals surface area contributed by atoms with Crippen LogP contribution in [0.5, 0.6) is 5.75 Å². The summed E-state index contributed by atoms with van der Waals surface area (Å²) in [6.07, 6.45) is 2.90. The van der Waals surface area contributed by atoms with E-state index >= 15 is 0 Å². The molecule has 0 aromatic heterocycles. The Balaban J connectivity index is 1.69. The second-order valence-electron chi connectivity index (χ2n) is 4.70. The summed E-state index contributed by atoms with van der Waals surface area (Å²) in [5.74, 6) is 0.811. The number of ether oxygens (including phenoxy) is 5. The highest BCUT2D eigenvalue weighted by Crippen LogP contribution is 2.31. The molecule has 4 atom stereocenters. The molecule has 0 aliphatic carbocycles. The van der Waals surface area contributed by atoms with Crippen LogP contribution in [0.1, 0.15) is 11.9 Å². The van der Waals surface area contributed by atoms with Crippen molar-refractivity contribution in [1.82, 2.24) is 0 Å². The van der Waals surface area contributed by atoms with Crippen LogP contribution in [0.2, 0.25) is 0 Å². The van der Waals surface area contributed by atoms with E-state index in [1.54, 1.807) is 14.2 Å². The summed E-state index contributed by atoms with van der Waals surface area (Å²) in [4.78, 5) is 0. The molecule has 108 valence electrons.